The molecule has 1 aliphatic rings. The molecule has 4 rings (SSSR count). The van der Waals surface area contributed by atoms with Crippen LogP contribution in [0, 0.1) is 0 Å². The fourth-order valence-corrected chi connectivity index (χ4v) is 3.90. The van der Waals surface area contributed by atoms with Crippen molar-refractivity contribution in [2.45, 2.75) is 19.4 Å². The Morgan fingerprint density at radius 1 is 0.971 bits per heavy atom. The Morgan fingerprint density at radius 2 is 1.65 bits per heavy atom. The third-order valence-electron chi connectivity index (χ3n) is 5.43. The molecule has 0 fully saturated rings. The molecule has 0 spiro atoms. The van der Waals surface area contributed by atoms with Crippen LogP contribution in [-0.4, -0.2) is 37.5 Å². The van der Waals surface area contributed by atoms with E-state index in [9.17, 15) is 14.4 Å². The Balaban J connectivity index is 1.67. The molecule has 1 aliphatic heterocycles. The van der Waals surface area contributed by atoms with Gasteiger partial charge < -0.3 is 20.1 Å². The van der Waals surface area contributed by atoms with Gasteiger partial charge in [-0.25, -0.2) is 0 Å². The number of hydrogen-bond acceptors (Lipinski definition) is 5. The highest BCUT2D eigenvalue weighted by molar-refractivity contribution is 6.18. The molecule has 0 aromatic heterocycles. The van der Waals surface area contributed by atoms with Crippen LogP contribution in [0.25, 0.3) is 0 Å². The highest BCUT2D eigenvalue weighted by atomic mass is 16.5. The average molecular weight is 460 g/mol. The number of rotatable bonds is 7. The van der Waals surface area contributed by atoms with Crippen molar-refractivity contribution in [1.82, 2.24) is 0 Å². The average Bonchev–Trinajstić information content (AvgIpc) is 2.85. The first kappa shape index (κ1) is 22.8. The Morgan fingerprint density at radius 3 is 2.41 bits per heavy atom. The van der Waals surface area contributed by atoms with Gasteiger partial charge in [0.25, 0.3) is 5.91 Å². The van der Waals surface area contributed by atoms with E-state index < -0.39 is 23.8 Å². The molecule has 2 N–H and O–H groups in total. The van der Waals surface area contributed by atoms with E-state index in [4.69, 9.17) is 9.47 Å². The van der Waals surface area contributed by atoms with Gasteiger partial charge in [-0.2, -0.15) is 0 Å². The Labute approximate surface area is 197 Å². The van der Waals surface area contributed by atoms with E-state index in [1.807, 2.05) is 6.92 Å². The van der Waals surface area contributed by atoms with Gasteiger partial charge in [0.1, 0.15) is 17.5 Å². The number of carbonyl (C=O) groups is 3. The predicted octanol–water partition coefficient (Wildman–Crippen LogP) is 4.09. The van der Waals surface area contributed by atoms with Crippen LogP contribution in [0.3, 0.4) is 0 Å². The summed E-state index contributed by atoms with van der Waals surface area (Å²) in [4.78, 5) is 41.1. The molecule has 3 aromatic carbocycles. The molecule has 1 atom stereocenters. The summed E-state index contributed by atoms with van der Waals surface area (Å²) < 4.78 is 10.9. The van der Waals surface area contributed by atoms with Gasteiger partial charge in [0, 0.05) is 0 Å². The first-order chi connectivity index (χ1) is 16.5. The minimum atomic E-state index is -1.06. The van der Waals surface area contributed by atoms with Gasteiger partial charge in [0.05, 0.1) is 42.8 Å². The molecule has 0 unspecified atom stereocenters. The molecule has 1 heterocycles. The van der Waals surface area contributed by atoms with Crippen LogP contribution in [0.1, 0.15) is 23.7 Å². The van der Waals surface area contributed by atoms with Gasteiger partial charge in [-0.1, -0.05) is 36.4 Å². The summed E-state index contributed by atoms with van der Waals surface area (Å²) in [6.07, 6.45) is -0.248. The highest BCUT2D eigenvalue weighted by Crippen LogP contribution is 2.35. The first-order valence-electron chi connectivity index (χ1n) is 10.9. The lowest BCUT2D eigenvalue weighted by Gasteiger charge is -2.36. The molecular formula is C26H25N3O5. The van der Waals surface area contributed by atoms with Gasteiger partial charge in [-0.15, -0.1) is 0 Å². The normalized spacial score (nSPS) is 14.6. The maximum Gasteiger partial charge on any atom is 0.262 e. The third-order valence-corrected chi connectivity index (χ3v) is 5.43. The summed E-state index contributed by atoms with van der Waals surface area (Å²) in [5, 5.41) is 5.61. The van der Waals surface area contributed by atoms with Gasteiger partial charge in [-0.05, 0) is 43.3 Å². The number of amides is 3. The number of ether oxygens (including phenoxy) is 2. The van der Waals surface area contributed by atoms with Gasteiger partial charge in [0.2, 0.25) is 11.8 Å². The summed E-state index contributed by atoms with van der Waals surface area (Å²) >= 11 is 0. The Hall–Kier alpha value is -4.33. The second kappa shape index (κ2) is 10.1. The van der Waals surface area contributed by atoms with Crippen molar-refractivity contribution in [1.29, 1.82) is 0 Å². The van der Waals surface area contributed by atoms with Crippen LogP contribution in [-0.2, 0) is 9.59 Å². The van der Waals surface area contributed by atoms with Crippen molar-refractivity contribution in [3.63, 3.8) is 0 Å². The number of benzene rings is 3. The molecule has 8 nitrogen and oxygen atoms in total. The molecule has 34 heavy (non-hydrogen) atoms. The van der Waals surface area contributed by atoms with Gasteiger partial charge in [-0.3, -0.25) is 19.3 Å². The fraction of sp³-hybridized carbons (Fsp3) is 0.192. The fourth-order valence-electron chi connectivity index (χ4n) is 3.90. The number of nitrogens with one attached hydrogen (secondary N) is 2. The second-order valence-corrected chi connectivity index (χ2v) is 7.58. The standard InChI is InChI=1S/C26H25N3O5/c1-3-34-23-15-9-6-12-19(23)27-24(30)16-21-25(31)28-18-11-5-7-13-20(18)29(21)26(32)17-10-4-8-14-22(17)33-2/h4-15,21H,3,16H2,1-2H3,(H,27,30)(H,28,31)/t21-/m0/s1. The molecule has 8 heteroatoms. The highest BCUT2D eigenvalue weighted by Gasteiger charge is 2.39. The number of methoxy groups -OCH3 is 1. The van der Waals surface area contributed by atoms with Crippen LogP contribution in [0.5, 0.6) is 11.5 Å². The van der Waals surface area contributed by atoms with E-state index in [0.29, 0.717) is 40.7 Å². The van der Waals surface area contributed by atoms with Crippen molar-refractivity contribution in [3.8, 4) is 11.5 Å². The zero-order valence-electron chi connectivity index (χ0n) is 18.9. The van der Waals surface area contributed by atoms with E-state index in [2.05, 4.69) is 10.6 Å². The van der Waals surface area contributed by atoms with Crippen LogP contribution in [0.15, 0.2) is 72.8 Å². The minimum Gasteiger partial charge on any atom is -0.496 e. The van der Waals surface area contributed by atoms with Crippen molar-refractivity contribution in [2.75, 3.05) is 29.3 Å². The van der Waals surface area contributed by atoms with E-state index in [-0.39, 0.29) is 6.42 Å². The van der Waals surface area contributed by atoms with Crippen LogP contribution < -0.4 is 25.0 Å². The molecule has 0 radical (unpaired) electrons. The minimum absolute atomic E-state index is 0.248. The number of anilines is 3. The lowest BCUT2D eigenvalue weighted by atomic mass is 10.0. The molecule has 174 valence electrons. The molecule has 3 amide bonds. The molecular weight excluding hydrogens is 434 g/mol. The quantitative estimate of drug-likeness (QED) is 0.555. The molecule has 3 aromatic rings. The smallest absolute Gasteiger partial charge is 0.262 e. The maximum absolute atomic E-state index is 13.7. The summed E-state index contributed by atoms with van der Waals surface area (Å²) in [5.74, 6) is -0.407. The zero-order valence-corrected chi connectivity index (χ0v) is 18.9. The molecule has 0 bridgehead atoms. The number of para-hydroxylation sites is 5. The van der Waals surface area contributed by atoms with Crippen LogP contribution >= 0.6 is 0 Å². The third kappa shape index (κ3) is 4.56. The van der Waals surface area contributed by atoms with E-state index >= 15 is 0 Å². The molecule has 0 aliphatic carbocycles. The first-order valence-corrected chi connectivity index (χ1v) is 10.9. The van der Waals surface area contributed by atoms with Crippen LogP contribution in [0.2, 0.25) is 0 Å². The number of fused-ring (bicyclic) bond motifs is 1. The monoisotopic (exact) mass is 459 g/mol. The maximum atomic E-state index is 13.7. The van der Waals surface area contributed by atoms with Gasteiger partial charge in [0.15, 0.2) is 0 Å². The van der Waals surface area contributed by atoms with Crippen molar-refractivity contribution in [2.24, 2.45) is 0 Å². The van der Waals surface area contributed by atoms with E-state index in [1.165, 1.54) is 12.0 Å². The Kier molecular flexibility index (Phi) is 6.77. The number of carbonyl (C=O) groups excluding carboxylic acids is 3. The second-order valence-electron chi connectivity index (χ2n) is 7.58. The summed E-state index contributed by atoms with van der Waals surface area (Å²) in [6.45, 7) is 2.29. The lowest BCUT2D eigenvalue weighted by molar-refractivity contribution is -0.122. The number of hydrogen-bond donors (Lipinski definition) is 2. The molecule has 0 saturated carbocycles. The summed E-state index contributed by atoms with van der Waals surface area (Å²) in [6, 6.07) is 19.8. The van der Waals surface area contributed by atoms with Crippen LogP contribution in [0.4, 0.5) is 17.1 Å². The van der Waals surface area contributed by atoms with Crippen molar-refractivity contribution >= 4 is 34.8 Å². The summed E-state index contributed by atoms with van der Waals surface area (Å²) in [5.41, 5.74) is 1.79. The zero-order chi connectivity index (χ0) is 24.1. The van der Waals surface area contributed by atoms with Crippen molar-refractivity contribution < 1.29 is 23.9 Å². The Bertz CT molecular complexity index is 1230. The SMILES string of the molecule is CCOc1ccccc1NC(=O)C[C@H]1C(=O)Nc2ccccc2N1C(=O)c1ccccc1OC. The van der Waals surface area contributed by atoms with E-state index in [1.54, 1.807) is 72.8 Å². The van der Waals surface area contributed by atoms with Gasteiger partial charge >= 0.3 is 0 Å². The van der Waals surface area contributed by atoms with Crippen molar-refractivity contribution in [3.05, 3.63) is 78.4 Å². The predicted molar refractivity (Wildman–Crippen MR) is 130 cm³/mol. The van der Waals surface area contributed by atoms with E-state index in [0.717, 1.165) is 0 Å². The largest absolute Gasteiger partial charge is 0.496 e. The molecule has 0 saturated heterocycles. The summed E-state index contributed by atoms with van der Waals surface area (Å²) in [7, 11) is 1.48. The number of nitrogens with zero attached hydrogens (tertiary/aromatic N) is 1. The lowest BCUT2D eigenvalue weighted by Crippen LogP contribution is -2.52. The topological polar surface area (TPSA) is 97.0 Å².